The van der Waals surface area contributed by atoms with Crippen LogP contribution in [0.3, 0.4) is 0 Å². The Hall–Kier alpha value is -14.5. The number of hydrogen-bond donors (Lipinski definition) is 0. The quantitative estimate of drug-likeness (QED) is 0.171. The summed E-state index contributed by atoms with van der Waals surface area (Å²) in [5, 5.41) is 15.0. The van der Waals surface area contributed by atoms with Gasteiger partial charge in [-0.15, -0.1) is 0 Å². The number of halogens is 3. The van der Waals surface area contributed by atoms with Gasteiger partial charge in [0.2, 0.25) is 0 Å². The van der Waals surface area contributed by atoms with Crippen LogP contribution >= 0.6 is 83.1 Å². The lowest BCUT2D eigenvalue weighted by molar-refractivity contribution is 0.668. The van der Waals surface area contributed by atoms with Crippen molar-refractivity contribution >= 4 is 231 Å². The Balaban J connectivity index is 0.000000108. The lowest BCUT2D eigenvalue weighted by Crippen LogP contribution is -2.15. The van der Waals surface area contributed by atoms with Gasteiger partial charge in [0.15, 0.2) is 0 Å². The zero-order valence-electron chi connectivity index (χ0n) is 82.3. The van der Waals surface area contributed by atoms with E-state index in [0.717, 1.165) is 99.6 Å². The van der Waals surface area contributed by atoms with E-state index in [1.165, 1.54) is 233 Å². The minimum atomic E-state index is 0. The molecule has 3 aliphatic heterocycles. The van der Waals surface area contributed by atoms with Gasteiger partial charge in [0.1, 0.15) is 22.3 Å². The van der Waals surface area contributed by atoms with Gasteiger partial charge >= 0.3 is 0 Å². The Morgan fingerprint density at radius 1 is 0.197 bits per heavy atom. The molecule has 0 radical (unpaired) electrons. The number of fused-ring (bicyclic) bond motifs is 27. The van der Waals surface area contributed by atoms with Crippen molar-refractivity contribution < 1.29 is 8.83 Å². The second kappa shape index (κ2) is 37.5. The predicted molar refractivity (Wildman–Crippen MR) is 635 cm³/mol. The monoisotopic (exact) mass is 2150 g/mol. The molecule has 0 N–H and O–H groups in total. The van der Waals surface area contributed by atoms with Crippen LogP contribution in [0.15, 0.2) is 428 Å². The first kappa shape index (κ1) is 93.5. The summed E-state index contributed by atoms with van der Waals surface area (Å²) in [7, 11) is 0. The highest BCUT2D eigenvalue weighted by molar-refractivity contribution is 9.11. The molecule has 0 fully saturated rings. The number of aryl methyl sites for hydroxylation is 10. The predicted octanol–water partition coefficient (Wildman–Crippen LogP) is 40.2. The maximum Gasteiger partial charge on any atom is 0.135 e. The molecule has 0 amide bonds. The maximum absolute atomic E-state index is 6.29. The summed E-state index contributed by atoms with van der Waals surface area (Å²) < 4.78 is 25.1. The van der Waals surface area contributed by atoms with Gasteiger partial charge in [-0.05, 0) is 364 Å². The maximum atomic E-state index is 6.29. The minimum absolute atomic E-state index is 0. The van der Waals surface area contributed by atoms with E-state index >= 15 is 0 Å². The number of rotatable bonds is 5. The minimum Gasteiger partial charge on any atom is -0.456 e. The van der Waals surface area contributed by atoms with Crippen LogP contribution in [-0.2, 0) is 19.3 Å². The Morgan fingerprint density at radius 2 is 0.442 bits per heavy atom. The van der Waals surface area contributed by atoms with Gasteiger partial charge in [0.25, 0.3) is 0 Å². The van der Waals surface area contributed by atoms with E-state index in [9.17, 15) is 0 Å². The van der Waals surface area contributed by atoms with Crippen molar-refractivity contribution in [3.8, 4) is 33.9 Å². The van der Waals surface area contributed by atoms with Gasteiger partial charge in [-0.3, -0.25) is 0 Å². The average molecular weight is 2150 g/mol. The third kappa shape index (κ3) is 16.9. The molecule has 0 spiro atoms. The summed E-state index contributed by atoms with van der Waals surface area (Å²) in [6.45, 7) is 21.8. The Kier molecular flexibility index (Phi) is 23.8. The lowest BCUT2D eigenvalue weighted by Gasteiger charge is -2.33. The van der Waals surface area contributed by atoms with Crippen LogP contribution in [0.5, 0.6) is 0 Å². The second-order valence-electron chi connectivity index (χ2n) is 39.9. The zero-order chi connectivity index (χ0) is 98.9. The normalized spacial score (nSPS) is 12.6. The second-order valence-corrected chi connectivity index (χ2v) is 45.9. The molecule has 1 aliphatic carbocycles. The number of aromatic nitrogens is 4. The molecule has 13 heteroatoms. The fourth-order valence-corrected chi connectivity index (χ4v) is 27.2. The molecule has 4 aliphatic rings. The fraction of sp³-hybridized carbons (Fsp3) is 0.104. The van der Waals surface area contributed by atoms with Gasteiger partial charge in [-0.1, -0.05) is 292 Å². The van der Waals surface area contributed by atoms with Gasteiger partial charge in [-0.25, -0.2) is 0 Å². The highest BCUT2D eigenvalue weighted by Crippen LogP contribution is 2.56. The van der Waals surface area contributed by atoms with Crippen molar-refractivity contribution in [1.82, 2.24) is 18.3 Å². The Bertz CT molecular complexity index is 9310. The number of nitrogens with zero attached hydrogens (tertiary/aromatic N) is 5. The van der Waals surface area contributed by atoms with Gasteiger partial charge in [0, 0.05) is 136 Å². The van der Waals surface area contributed by atoms with Crippen LogP contribution in [0.25, 0.3) is 165 Å². The molecule has 147 heavy (non-hydrogen) atoms. The molecule has 9 heterocycles. The molecular weight excluding hydrogens is 2050 g/mol. The zero-order valence-corrected chi connectivity index (χ0v) is 89.5. The third-order valence-corrected chi connectivity index (χ3v) is 34.4. The molecule has 0 saturated carbocycles. The van der Waals surface area contributed by atoms with Gasteiger partial charge in [-0.2, -0.15) is 0 Å². The van der Waals surface area contributed by atoms with E-state index in [0.29, 0.717) is 0 Å². The smallest absolute Gasteiger partial charge is 0.135 e. The highest BCUT2D eigenvalue weighted by atomic mass is 79.9. The van der Waals surface area contributed by atoms with Crippen LogP contribution in [0.4, 0.5) is 17.1 Å². The molecule has 0 atom stereocenters. The Labute approximate surface area is 892 Å². The van der Waals surface area contributed by atoms with E-state index in [-0.39, 0.29) is 7.43 Å². The summed E-state index contributed by atoms with van der Waals surface area (Å²) in [6, 6.07) is 138. The summed E-state index contributed by atoms with van der Waals surface area (Å²) >= 11 is 16.1. The number of hydrogen-bond acceptors (Lipinski definition) is 6. The van der Waals surface area contributed by atoms with Crippen LogP contribution in [-0.4, -0.2) is 18.3 Å². The summed E-state index contributed by atoms with van der Waals surface area (Å²) in [5.41, 5.74) is 46.1. The van der Waals surface area contributed by atoms with Crippen molar-refractivity contribution in [3.05, 3.63) is 479 Å². The molecule has 20 aromatic carbocycles. The van der Waals surface area contributed by atoms with E-state index in [1.807, 2.05) is 71.7 Å². The number of anilines is 3. The average Bonchev–Trinajstić information content (AvgIpc) is 1.64. The highest BCUT2D eigenvalue weighted by Gasteiger charge is 2.31. The van der Waals surface area contributed by atoms with Gasteiger partial charge < -0.3 is 32.0 Å². The van der Waals surface area contributed by atoms with E-state index in [4.69, 9.17) is 8.83 Å². The summed E-state index contributed by atoms with van der Waals surface area (Å²) in [5.74, 6) is 0. The number of para-hydroxylation sites is 2. The van der Waals surface area contributed by atoms with Crippen molar-refractivity contribution in [2.45, 2.75) is 125 Å². The van der Waals surface area contributed by atoms with Crippen molar-refractivity contribution in [2.75, 3.05) is 4.90 Å². The Morgan fingerprint density at radius 3 is 0.796 bits per heavy atom. The molecule has 0 saturated heterocycles. The fourth-order valence-electron chi connectivity index (χ4n) is 22.4. The standard InChI is InChI=1S/C52H37N3OS.C41H32N2S.C15H14.C13H8Br2S.C12H7BrO.CH4/c1-30-9-16-43-38(23-30)39-24-31(2)10-17-44(39)53(43)35-13-20-47-51(28-35)57-52-29-36(54-45-18-11-32(3)25-40(45)41-26-33(4)12-19-46(41)54)14-21-48(52)55(47)34-15-22-50-42(27-34)37-7-5-6-8-49(37)56-50;1-24-5-13-36-32(17-24)33-18-25(2)6-14-37(33)42(36)30-11-9-28-21-29-10-12-31(23-41(29)44-40(28)22-30)43-38-15-7-26(3)19-34(38)35-20-27(4)8-16-39(35)43;1-10-3-5-12-9-13-6-4-11(2)8-15(13)14(12)7-10;14-10-3-1-8-5-9-2-4-11(15)7-13(9)16-12(8)6-10;13-8-5-6-12-10(7-8)9-3-1-2-4-11(9)14-12;/h5-29H,1-4H3;5-20,22-23H,21H2,1-4H3;3-8H,9H2,1-2H3;1-4,6-7H,5H2;1-7H;1H4. The first-order valence-electron chi connectivity index (χ1n) is 49.8. The molecule has 0 bridgehead atoms. The molecule has 714 valence electrons. The van der Waals surface area contributed by atoms with Gasteiger partial charge in [0.05, 0.1) is 55.5 Å². The first-order chi connectivity index (χ1) is 71.1. The number of benzene rings is 20. The summed E-state index contributed by atoms with van der Waals surface area (Å²) in [4.78, 5) is 10.3. The summed E-state index contributed by atoms with van der Waals surface area (Å²) in [6.07, 6.45) is 3.10. The molecule has 7 nitrogen and oxygen atoms in total. The molecule has 0 unspecified atom stereocenters. The van der Waals surface area contributed by atoms with Crippen LogP contribution in [0, 0.1) is 69.2 Å². The lowest BCUT2D eigenvalue weighted by atomic mass is 10.0. The van der Waals surface area contributed by atoms with Crippen molar-refractivity contribution in [3.63, 3.8) is 0 Å². The van der Waals surface area contributed by atoms with Crippen LogP contribution in [0.2, 0.25) is 0 Å². The third-order valence-electron chi connectivity index (χ3n) is 29.4. The molecular formula is C134H102Br3N5O2S3. The van der Waals surface area contributed by atoms with Crippen molar-refractivity contribution in [2.24, 2.45) is 0 Å². The largest absolute Gasteiger partial charge is 0.456 e. The van der Waals surface area contributed by atoms with Crippen LogP contribution < -0.4 is 4.90 Å². The van der Waals surface area contributed by atoms with Crippen molar-refractivity contribution in [1.29, 1.82) is 0 Å². The topological polar surface area (TPSA) is 49.2 Å². The molecule has 26 aromatic rings. The molecule has 30 rings (SSSR count). The molecule has 6 aromatic heterocycles. The van der Waals surface area contributed by atoms with E-state index in [2.05, 4.69) is 480 Å². The first-order valence-corrected chi connectivity index (χ1v) is 54.6. The number of furan rings is 2. The van der Waals surface area contributed by atoms with E-state index < -0.39 is 0 Å². The van der Waals surface area contributed by atoms with Crippen LogP contribution in [0.1, 0.15) is 96.4 Å². The van der Waals surface area contributed by atoms with E-state index in [1.54, 1.807) is 0 Å². The SMILES string of the molecule is Brc1ccc2c(c1)Sc1cc(Br)ccc1C2.Brc1ccc2oc3ccccc3c2c1.C.Cc1ccc2c(c1)-c1cc(C)ccc1C2.Cc1ccc2c(c1)c1cc(C)ccc1n2-c1ccc2c(c1)Sc1cc(-n3c4ccc(C)cc4c4cc(C)ccc43)ccc1C2.Cc1ccc2c(c1)c1cc(C)ccc1n2-c1ccc2c(c1)Sc1cc(-n3c4ccc(C)cc4c4cc(C)ccc43)ccc1N2c1ccc2oc3ccccc3c2c1.